The van der Waals surface area contributed by atoms with E-state index in [1.807, 2.05) is 25.5 Å². The second-order valence-corrected chi connectivity index (χ2v) is 5.83. The third-order valence-corrected chi connectivity index (χ3v) is 4.49. The van der Waals surface area contributed by atoms with Crippen LogP contribution in [0.3, 0.4) is 0 Å². The molecule has 1 aliphatic carbocycles. The van der Waals surface area contributed by atoms with E-state index in [1.165, 1.54) is 0 Å². The van der Waals surface area contributed by atoms with E-state index >= 15 is 0 Å². The molecule has 2 rings (SSSR count). The molecular weight excluding hydrogens is 254 g/mol. The van der Waals surface area contributed by atoms with Crippen molar-refractivity contribution in [1.29, 1.82) is 0 Å². The van der Waals surface area contributed by atoms with Crippen molar-refractivity contribution in [2.75, 3.05) is 6.54 Å². The summed E-state index contributed by atoms with van der Waals surface area (Å²) in [4.78, 5) is 11.7. The highest BCUT2D eigenvalue weighted by atomic mass is 16.4. The molecule has 1 aliphatic rings. The molecule has 112 valence electrons. The summed E-state index contributed by atoms with van der Waals surface area (Å²) < 4.78 is 1.99. The minimum atomic E-state index is -0.731. The zero-order chi connectivity index (χ0) is 14.8. The molecule has 2 unspecified atom stereocenters. The molecule has 1 aromatic rings. The van der Waals surface area contributed by atoms with Crippen molar-refractivity contribution < 1.29 is 9.90 Å². The predicted molar refractivity (Wildman–Crippen MR) is 77.7 cm³/mol. The summed E-state index contributed by atoms with van der Waals surface area (Å²) in [5.41, 5.74) is 1.43. The minimum Gasteiger partial charge on any atom is -0.480 e. The van der Waals surface area contributed by atoms with Gasteiger partial charge in [-0.3, -0.25) is 9.48 Å². The van der Waals surface area contributed by atoms with E-state index in [2.05, 4.69) is 16.5 Å². The van der Waals surface area contributed by atoms with Gasteiger partial charge in [0.1, 0.15) is 5.54 Å². The van der Waals surface area contributed by atoms with Gasteiger partial charge in [0, 0.05) is 12.2 Å². The van der Waals surface area contributed by atoms with E-state index in [0.717, 1.165) is 43.6 Å². The zero-order valence-electron chi connectivity index (χ0n) is 12.6. The normalized spacial score (nSPS) is 26.1. The lowest BCUT2D eigenvalue weighted by molar-refractivity contribution is -0.146. The highest BCUT2D eigenvalue weighted by Gasteiger charge is 2.48. The summed E-state index contributed by atoms with van der Waals surface area (Å²) in [7, 11) is 0. The van der Waals surface area contributed by atoms with Gasteiger partial charge in [-0.1, -0.05) is 13.3 Å². The number of carboxylic acid groups (broad SMARTS) is 1. The molecule has 1 saturated carbocycles. The molecule has 0 amide bonds. The third kappa shape index (κ3) is 2.73. The predicted octanol–water partition coefficient (Wildman–Crippen LogP) is 2.12. The van der Waals surface area contributed by atoms with Gasteiger partial charge in [-0.25, -0.2) is 0 Å². The van der Waals surface area contributed by atoms with E-state index in [4.69, 9.17) is 0 Å². The number of nitrogens with zero attached hydrogens (tertiary/aromatic N) is 2. The number of aryl methyl sites for hydroxylation is 3. The summed E-state index contributed by atoms with van der Waals surface area (Å²) in [6.07, 6.45) is 3.57. The Balaban J connectivity index is 2.07. The molecule has 0 bridgehead atoms. The molecule has 20 heavy (non-hydrogen) atoms. The van der Waals surface area contributed by atoms with Gasteiger partial charge in [-0.05, 0) is 51.6 Å². The van der Waals surface area contributed by atoms with Crippen LogP contribution in [0.2, 0.25) is 0 Å². The van der Waals surface area contributed by atoms with Crippen LogP contribution < -0.4 is 5.32 Å². The van der Waals surface area contributed by atoms with Crippen molar-refractivity contribution in [2.45, 2.75) is 58.5 Å². The van der Waals surface area contributed by atoms with Gasteiger partial charge in [0.25, 0.3) is 0 Å². The summed E-state index contributed by atoms with van der Waals surface area (Å²) in [5, 5.41) is 17.3. The molecule has 1 heterocycles. The van der Waals surface area contributed by atoms with Crippen molar-refractivity contribution in [1.82, 2.24) is 15.1 Å². The first kappa shape index (κ1) is 15.0. The molecule has 0 aliphatic heterocycles. The van der Waals surface area contributed by atoms with Gasteiger partial charge in [-0.2, -0.15) is 5.10 Å². The monoisotopic (exact) mass is 279 g/mol. The maximum Gasteiger partial charge on any atom is 0.324 e. The summed E-state index contributed by atoms with van der Waals surface area (Å²) >= 11 is 0. The van der Waals surface area contributed by atoms with Crippen LogP contribution in [0.15, 0.2) is 6.07 Å². The molecule has 0 spiro atoms. The number of aromatic nitrogens is 2. The lowest BCUT2D eigenvalue weighted by atomic mass is 9.84. The maximum atomic E-state index is 11.7. The second kappa shape index (κ2) is 5.95. The van der Waals surface area contributed by atoms with E-state index in [-0.39, 0.29) is 5.92 Å². The van der Waals surface area contributed by atoms with E-state index < -0.39 is 11.5 Å². The quantitative estimate of drug-likeness (QED) is 0.837. The molecule has 1 aromatic heterocycles. The second-order valence-electron chi connectivity index (χ2n) is 5.83. The SMILES string of the molecule is CCNC1(C(=O)O)CCCC1CCn1nc(C)cc1C. The highest BCUT2D eigenvalue weighted by Crippen LogP contribution is 2.38. The number of carboxylic acids is 1. The number of carbonyl (C=O) groups is 1. The van der Waals surface area contributed by atoms with Gasteiger partial charge in [0.05, 0.1) is 5.69 Å². The van der Waals surface area contributed by atoms with Crippen LogP contribution in [0.5, 0.6) is 0 Å². The van der Waals surface area contributed by atoms with Gasteiger partial charge < -0.3 is 10.4 Å². The van der Waals surface area contributed by atoms with Crippen molar-refractivity contribution in [3.63, 3.8) is 0 Å². The standard InChI is InChI=1S/C15H25N3O2/c1-4-16-15(14(19)20)8-5-6-13(15)7-9-18-12(3)10-11(2)17-18/h10,13,16H,4-9H2,1-3H3,(H,19,20). The molecule has 5 nitrogen and oxygen atoms in total. The summed E-state index contributed by atoms with van der Waals surface area (Å²) in [6, 6.07) is 2.06. The van der Waals surface area contributed by atoms with Crippen molar-refractivity contribution in [3.05, 3.63) is 17.5 Å². The smallest absolute Gasteiger partial charge is 0.324 e. The average molecular weight is 279 g/mol. The first-order valence-corrected chi connectivity index (χ1v) is 7.49. The largest absolute Gasteiger partial charge is 0.480 e. The Labute approximate surface area is 120 Å². The van der Waals surface area contributed by atoms with Crippen LogP contribution in [0.25, 0.3) is 0 Å². The zero-order valence-corrected chi connectivity index (χ0v) is 12.6. The minimum absolute atomic E-state index is 0.184. The Morgan fingerprint density at radius 2 is 2.35 bits per heavy atom. The van der Waals surface area contributed by atoms with Crippen LogP contribution in [-0.2, 0) is 11.3 Å². The van der Waals surface area contributed by atoms with Gasteiger partial charge in [-0.15, -0.1) is 0 Å². The van der Waals surface area contributed by atoms with Crippen molar-refractivity contribution in [3.8, 4) is 0 Å². The molecule has 0 radical (unpaired) electrons. The number of aliphatic carboxylic acids is 1. The number of likely N-dealkylation sites (N-methyl/N-ethyl adjacent to an activating group) is 1. The fourth-order valence-electron chi connectivity index (χ4n) is 3.55. The summed E-state index contributed by atoms with van der Waals surface area (Å²) in [6.45, 7) is 7.50. The fraction of sp³-hybridized carbons (Fsp3) is 0.733. The highest BCUT2D eigenvalue weighted by molar-refractivity contribution is 5.79. The first-order chi connectivity index (χ1) is 9.49. The van der Waals surface area contributed by atoms with Gasteiger partial charge in [0.2, 0.25) is 0 Å². The molecule has 1 fully saturated rings. The molecule has 0 saturated heterocycles. The Morgan fingerprint density at radius 1 is 1.60 bits per heavy atom. The van der Waals surface area contributed by atoms with Gasteiger partial charge >= 0.3 is 5.97 Å². The van der Waals surface area contributed by atoms with E-state index in [0.29, 0.717) is 6.54 Å². The maximum absolute atomic E-state index is 11.7. The van der Waals surface area contributed by atoms with Gasteiger partial charge in [0.15, 0.2) is 0 Å². The van der Waals surface area contributed by atoms with Crippen molar-refractivity contribution >= 4 is 5.97 Å². The fourth-order valence-corrected chi connectivity index (χ4v) is 3.55. The summed E-state index contributed by atoms with van der Waals surface area (Å²) in [5.74, 6) is -0.515. The number of nitrogens with one attached hydrogen (secondary N) is 1. The number of hydrogen-bond acceptors (Lipinski definition) is 3. The Bertz CT molecular complexity index is 483. The van der Waals surface area contributed by atoms with Crippen LogP contribution in [0, 0.1) is 19.8 Å². The van der Waals surface area contributed by atoms with Crippen LogP contribution in [0.1, 0.15) is 44.0 Å². The van der Waals surface area contributed by atoms with Crippen molar-refractivity contribution in [2.24, 2.45) is 5.92 Å². The van der Waals surface area contributed by atoms with Crippen LogP contribution >= 0.6 is 0 Å². The third-order valence-electron chi connectivity index (χ3n) is 4.49. The lowest BCUT2D eigenvalue weighted by Gasteiger charge is -2.32. The average Bonchev–Trinajstić information content (AvgIpc) is 2.92. The molecule has 0 aromatic carbocycles. The Hall–Kier alpha value is -1.36. The molecule has 2 atom stereocenters. The molecule has 2 N–H and O–H groups in total. The van der Waals surface area contributed by atoms with Crippen LogP contribution in [-0.4, -0.2) is 32.9 Å². The number of rotatable bonds is 6. The van der Waals surface area contributed by atoms with E-state index in [1.54, 1.807) is 0 Å². The van der Waals surface area contributed by atoms with Crippen LogP contribution in [0.4, 0.5) is 0 Å². The topological polar surface area (TPSA) is 67.2 Å². The molecular formula is C15H25N3O2. The lowest BCUT2D eigenvalue weighted by Crippen LogP contribution is -2.54. The van der Waals surface area contributed by atoms with E-state index in [9.17, 15) is 9.90 Å². The number of hydrogen-bond donors (Lipinski definition) is 2. The first-order valence-electron chi connectivity index (χ1n) is 7.49. The Kier molecular flexibility index (Phi) is 4.48. The molecule has 5 heteroatoms. The Morgan fingerprint density at radius 3 is 2.90 bits per heavy atom.